The van der Waals surface area contributed by atoms with Gasteiger partial charge in [-0.3, -0.25) is 0 Å². The summed E-state index contributed by atoms with van der Waals surface area (Å²) in [6.45, 7) is 4.74. The minimum atomic E-state index is 0.749. The highest BCUT2D eigenvalue weighted by Crippen LogP contribution is 2.28. The van der Waals surface area contributed by atoms with Crippen LogP contribution in [-0.2, 0) is 13.0 Å². The minimum Gasteiger partial charge on any atom is -0.493 e. The second-order valence-corrected chi connectivity index (χ2v) is 5.95. The van der Waals surface area contributed by atoms with Crippen LogP contribution in [0.4, 0.5) is 0 Å². The summed E-state index contributed by atoms with van der Waals surface area (Å²) in [5.74, 6) is 1.65. The van der Waals surface area contributed by atoms with Crippen LogP contribution in [0.15, 0.2) is 48.5 Å². The van der Waals surface area contributed by atoms with Crippen LogP contribution >= 0.6 is 0 Å². The maximum absolute atomic E-state index is 5.82. The summed E-state index contributed by atoms with van der Waals surface area (Å²) >= 11 is 0. The lowest BCUT2D eigenvalue weighted by molar-refractivity contribution is 0.286. The van der Waals surface area contributed by atoms with Crippen LogP contribution in [0, 0.1) is 0 Å². The molecule has 0 aliphatic carbocycles. The Kier molecular flexibility index (Phi) is 8.19. The first kappa shape index (κ1) is 18.3. The van der Waals surface area contributed by atoms with E-state index in [2.05, 4.69) is 54.7 Å². The smallest absolute Gasteiger partial charge is 0.161 e. The Hall–Kier alpha value is -2.00. The SMILES string of the molecule is CCCCCOc1ccc(CNCCc2ccccc2)cc1OC. The molecule has 2 aromatic rings. The molecule has 0 aromatic heterocycles. The Morgan fingerprint density at radius 2 is 1.75 bits per heavy atom. The average molecular weight is 327 g/mol. The maximum atomic E-state index is 5.82. The standard InChI is InChI=1S/C21H29NO2/c1-3-4-8-15-24-20-12-11-19(16-21(20)23-2)17-22-14-13-18-9-6-5-7-10-18/h5-7,9-12,16,22H,3-4,8,13-15,17H2,1-2H3. The fourth-order valence-corrected chi connectivity index (χ4v) is 2.59. The first-order chi connectivity index (χ1) is 11.8. The second kappa shape index (κ2) is 10.7. The van der Waals surface area contributed by atoms with Gasteiger partial charge < -0.3 is 14.8 Å². The number of ether oxygens (including phenoxy) is 2. The number of hydrogen-bond donors (Lipinski definition) is 1. The average Bonchev–Trinajstić information content (AvgIpc) is 2.64. The predicted octanol–water partition coefficient (Wildman–Crippen LogP) is 4.60. The van der Waals surface area contributed by atoms with Crippen molar-refractivity contribution in [1.29, 1.82) is 0 Å². The highest BCUT2D eigenvalue weighted by Gasteiger charge is 2.05. The Balaban J connectivity index is 1.78. The zero-order valence-electron chi connectivity index (χ0n) is 14.9. The van der Waals surface area contributed by atoms with Gasteiger partial charge >= 0.3 is 0 Å². The van der Waals surface area contributed by atoms with Gasteiger partial charge in [-0.25, -0.2) is 0 Å². The second-order valence-electron chi connectivity index (χ2n) is 5.95. The third-order valence-corrected chi connectivity index (χ3v) is 4.00. The molecule has 130 valence electrons. The summed E-state index contributed by atoms with van der Waals surface area (Å²) in [6, 6.07) is 16.7. The molecule has 0 saturated carbocycles. The fraction of sp³-hybridized carbons (Fsp3) is 0.429. The van der Waals surface area contributed by atoms with Gasteiger partial charge in [-0.15, -0.1) is 0 Å². The molecule has 0 spiro atoms. The summed E-state index contributed by atoms with van der Waals surface area (Å²) < 4.78 is 11.3. The molecule has 0 atom stereocenters. The van der Waals surface area contributed by atoms with Crippen molar-refractivity contribution in [3.63, 3.8) is 0 Å². The van der Waals surface area contributed by atoms with Crippen molar-refractivity contribution in [2.75, 3.05) is 20.3 Å². The lowest BCUT2D eigenvalue weighted by Gasteiger charge is -2.12. The van der Waals surface area contributed by atoms with Gasteiger partial charge in [-0.05, 0) is 42.6 Å². The van der Waals surface area contributed by atoms with Crippen LogP contribution in [-0.4, -0.2) is 20.3 Å². The molecule has 0 saturated heterocycles. The van der Waals surface area contributed by atoms with Crippen molar-refractivity contribution in [3.8, 4) is 11.5 Å². The Bertz CT molecular complexity index is 584. The lowest BCUT2D eigenvalue weighted by Crippen LogP contribution is -2.16. The van der Waals surface area contributed by atoms with E-state index in [0.717, 1.165) is 44.0 Å². The van der Waals surface area contributed by atoms with Gasteiger partial charge in [-0.2, -0.15) is 0 Å². The number of methoxy groups -OCH3 is 1. The molecule has 0 radical (unpaired) electrons. The molecule has 24 heavy (non-hydrogen) atoms. The molecule has 1 N–H and O–H groups in total. The third kappa shape index (κ3) is 6.25. The number of nitrogens with one attached hydrogen (secondary N) is 1. The monoisotopic (exact) mass is 327 g/mol. The van der Waals surface area contributed by atoms with Gasteiger partial charge in [0.15, 0.2) is 11.5 Å². The van der Waals surface area contributed by atoms with Crippen molar-refractivity contribution in [1.82, 2.24) is 5.32 Å². The van der Waals surface area contributed by atoms with Gasteiger partial charge in [0.1, 0.15) is 0 Å². The molecule has 0 bridgehead atoms. The number of rotatable bonds is 11. The van der Waals surface area contributed by atoms with Crippen molar-refractivity contribution in [2.45, 2.75) is 39.2 Å². The Labute approximate surface area is 146 Å². The molecular weight excluding hydrogens is 298 g/mol. The fourth-order valence-electron chi connectivity index (χ4n) is 2.59. The van der Waals surface area contributed by atoms with E-state index in [-0.39, 0.29) is 0 Å². The summed E-state index contributed by atoms with van der Waals surface area (Å²) in [5.41, 5.74) is 2.57. The van der Waals surface area contributed by atoms with Crippen LogP contribution in [0.1, 0.15) is 37.3 Å². The van der Waals surface area contributed by atoms with E-state index in [4.69, 9.17) is 9.47 Å². The molecule has 2 rings (SSSR count). The highest BCUT2D eigenvalue weighted by molar-refractivity contribution is 5.42. The van der Waals surface area contributed by atoms with Crippen LogP contribution in [0.3, 0.4) is 0 Å². The molecular formula is C21H29NO2. The quantitative estimate of drug-likeness (QED) is 0.612. The number of benzene rings is 2. The Morgan fingerprint density at radius 1 is 0.917 bits per heavy atom. The number of hydrogen-bond acceptors (Lipinski definition) is 3. The van der Waals surface area contributed by atoms with Gasteiger partial charge in [-0.1, -0.05) is 56.2 Å². The van der Waals surface area contributed by atoms with Crippen LogP contribution in [0.5, 0.6) is 11.5 Å². The molecule has 0 heterocycles. The molecule has 2 aromatic carbocycles. The largest absolute Gasteiger partial charge is 0.493 e. The van der Waals surface area contributed by atoms with E-state index in [1.165, 1.54) is 24.0 Å². The molecule has 0 fully saturated rings. The summed E-state index contributed by atoms with van der Waals surface area (Å²) in [6.07, 6.45) is 4.53. The maximum Gasteiger partial charge on any atom is 0.161 e. The normalized spacial score (nSPS) is 10.6. The molecule has 0 unspecified atom stereocenters. The van der Waals surface area contributed by atoms with Gasteiger partial charge in [0.2, 0.25) is 0 Å². The van der Waals surface area contributed by atoms with Crippen molar-refractivity contribution in [2.24, 2.45) is 0 Å². The van der Waals surface area contributed by atoms with E-state index in [1.807, 2.05) is 6.07 Å². The van der Waals surface area contributed by atoms with E-state index in [0.29, 0.717) is 0 Å². The van der Waals surface area contributed by atoms with E-state index in [9.17, 15) is 0 Å². The van der Waals surface area contributed by atoms with Crippen molar-refractivity contribution in [3.05, 3.63) is 59.7 Å². The highest BCUT2D eigenvalue weighted by atomic mass is 16.5. The van der Waals surface area contributed by atoms with Gasteiger partial charge in [0.05, 0.1) is 13.7 Å². The first-order valence-electron chi connectivity index (χ1n) is 8.88. The zero-order chi connectivity index (χ0) is 17.0. The summed E-state index contributed by atoms with van der Waals surface area (Å²) in [7, 11) is 1.70. The Morgan fingerprint density at radius 3 is 2.50 bits per heavy atom. The third-order valence-electron chi connectivity index (χ3n) is 4.00. The van der Waals surface area contributed by atoms with Crippen LogP contribution < -0.4 is 14.8 Å². The molecule has 0 aliphatic rings. The molecule has 0 amide bonds. The van der Waals surface area contributed by atoms with Gasteiger partial charge in [0.25, 0.3) is 0 Å². The topological polar surface area (TPSA) is 30.5 Å². The summed E-state index contributed by atoms with van der Waals surface area (Å²) in [5, 5.41) is 3.48. The van der Waals surface area contributed by atoms with Gasteiger partial charge in [0, 0.05) is 6.54 Å². The van der Waals surface area contributed by atoms with Crippen LogP contribution in [0.25, 0.3) is 0 Å². The first-order valence-corrected chi connectivity index (χ1v) is 8.88. The zero-order valence-corrected chi connectivity index (χ0v) is 14.9. The van der Waals surface area contributed by atoms with Crippen LogP contribution in [0.2, 0.25) is 0 Å². The van der Waals surface area contributed by atoms with Crippen molar-refractivity contribution < 1.29 is 9.47 Å². The number of unbranched alkanes of at least 4 members (excludes halogenated alkanes) is 2. The molecule has 3 nitrogen and oxygen atoms in total. The van der Waals surface area contributed by atoms with E-state index >= 15 is 0 Å². The molecule has 3 heteroatoms. The lowest BCUT2D eigenvalue weighted by atomic mass is 10.1. The minimum absolute atomic E-state index is 0.749. The van der Waals surface area contributed by atoms with E-state index < -0.39 is 0 Å². The molecule has 0 aliphatic heterocycles. The van der Waals surface area contributed by atoms with E-state index in [1.54, 1.807) is 7.11 Å². The summed E-state index contributed by atoms with van der Waals surface area (Å²) in [4.78, 5) is 0. The van der Waals surface area contributed by atoms with Crippen molar-refractivity contribution >= 4 is 0 Å². The predicted molar refractivity (Wildman–Crippen MR) is 99.9 cm³/mol.